The largest absolute Gasteiger partial charge is 0.354 e. The number of nitrogens with one attached hydrogen (secondary N) is 2. The van der Waals surface area contributed by atoms with Crippen molar-refractivity contribution < 1.29 is 22.4 Å². The molecule has 0 heterocycles. The maximum Gasteiger partial charge on any atom is 0.251 e. The van der Waals surface area contributed by atoms with Crippen LogP contribution in [0.3, 0.4) is 0 Å². The van der Waals surface area contributed by atoms with Crippen molar-refractivity contribution in [1.29, 1.82) is 0 Å². The molecule has 0 unspecified atom stereocenters. The number of primary sulfonamides is 1. The Balaban J connectivity index is 1.74. The van der Waals surface area contributed by atoms with Gasteiger partial charge in [-0.3, -0.25) is 9.59 Å². The summed E-state index contributed by atoms with van der Waals surface area (Å²) in [4.78, 5) is 23.5. The van der Waals surface area contributed by atoms with Crippen molar-refractivity contribution in [2.75, 3.05) is 13.1 Å². The highest BCUT2D eigenvalue weighted by molar-refractivity contribution is 7.89. The summed E-state index contributed by atoms with van der Waals surface area (Å²) in [6, 6.07) is 11.2. The van der Waals surface area contributed by atoms with E-state index >= 15 is 0 Å². The summed E-state index contributed by atoms with van der Waals surface area (Å²) in [6.07, 6.45) is 0.481. The Hall–Kier alpha value is -2.78. The second-order valence-corrected chi connectivity index (χ2v) is 7.04. The lowest BCUT2D eigenvalue weighted by Gasteiger charge is -2.08. The zero-order valence-corrected chi connectivity index (χ0v) is 14.6. The molecule has 9 heteroatoms. The van der Waals surface area contributed by atoms with Gasteiger partial charge in [0.2, 0.25) is 15.9 Å². The van der Waals surface area contributed by atoms with Gasteiger partial charge in [0.1, 0.15) is 5.82 Å². The fraction of sp³-hybridized carbons (Fsp3) is 0.176. The molecular formula is C17H18FN3O4S. The zero-order valence-electron chi connectivity index (χ0n) is 13.7. The van der Waals surface area contributed by atoms with Gasteiger partial charge in [0.15, 0.2) is 0 Å². The van der Waals surface area contributed by atoms with E-state index in [1.54, 1.807) is 12.1 Å². The molecule has 0 saturated heterocycles. The van der Waals surface area contributed by atoms with E-state index in [1.165, 1.54) is 30.3 Å². The van der Waals surface area contributed by atoms with E-state index in [0.29, 0.717) is 13.0 Å². The molecule has 2 aromatic rings. The lowest BCUT2D eigenvalue weighted by molar-refractivity contribution is -0.120. The fourth-order valence-corrected chi connectivity index (χ4v) is 2.66. The Labute approximate surface area is 150 Å². The van der Waals surface area contributed by atoms with Gasteiger partial charge in [0, 0.05) is 12.1 Å². The summed E-state index contributed by atoms with van der Waals surface area (Å²) in [7, 11) is -3.73. The number of amides is 2. The summed E-state index contributed by atoms with van der Waals surface area (Å²) in [5, 5.41) is 10.0. The first-order chi connectivity index (χ1) is 12.3. The molecule has 4 N–H and O–H groups in total. The highest BCUT2D eigenvalue weighted by Crippen LogP contribution is 2.08. The van der Waals surface area contributed by atoms with Crippen LogP contribution >= 0.6 is 0 Å². The van der Waals surface area contributed by atoms with E-state index in [0.717, 1.165) is 11.6 Å². The summed E-state index contributed by atoms with van der Waals surface area (Å²) in [5.74, 6) is -1.47. The van der Waals surface area contributed by atoms with Gasteiger partial charge in [0.25, 0.3) is 5.91 Å². The predicted octanol–water partition coefficient (Wildman–Crippen LogP) is 0.562. The molecule has 0 saturated carbocycles. The van der Waals surface area contributed by atoms with Crippen LogP contribution < -0.4 is 15.8 Å². The van der Waals surface area contributed by atoms with Crippen molar-refractivity contribution in [2.24, 2.45) is 5.14 Å². The molecule has 26 heavy (non-hydrogen) atoms. The molecule has 0 spiro atoms. The molecule has 0 fully saturated rings. The van der Waals surface area contributed by atoms with E-state index in [-0.39, 0.29) is 17.0 Å². The summed E-state index contributed by atoms with van der Waals surface area (Å²) in [5.41, 5.74) is 0.953. The standard InChI is InChI=1S/C17H18FN3O4S/c18-14-3-1-2-13(10-14)17(23)21-11-16(22)20-9-8-12-4-6-15(7-5-12)26(19,24)25/h1-7,10H,8-9,11H2,(H,20,22)(H,21,23)(H2,19,24,25). The third kappa shape index (κ3) is 5.94. The Kier molecular flexibility index (Phi) is 6.42. The van der Waals surface area contributed by atoms with Gasteiger partial charge in [-0.1, -0.05) is 18.2 Å². The van der Waals surface area contributed by atoms with E-state index in [2.05, 4.69) is 10.6 Å². The van der Waals surface area contributed by atoms with Gasteiger partial charge in [-0.05, 0) is 42.3 Å². The summed E-state index contributed by atoms with van der Waals surface area (Å²) < 4.78 is 35.4. The number of benzene rings is 2. The van der Waals surface area contributed by atoms with Crippen molar-refractivity contribution in [3.63, 3.8) is 0 Å². The Morgan fingerprint density at radius 1 is 1.04 bits per heavy atom. The van der Waals surface area contributed by atoms with Crippen LogP contribution in [0.1, 0.15) is 15.9 Å². The quantitative estimate of drug-likeness (QED) is 0.651. The van der Waals surface area contributed by atoms with Gasteiger partial charge >= 0.3 is 0 Å². The number of hydrogen-bond acceptors (Lipinski definition) is 4. The number of sulfonamides is 1. The molecule has 2 rings (SSSR count). The van der Waals surface area contributed by atoms with E-state index in [1.807, 2.05) is 0 Å². The fourth-order valence-electron chi connectivity index (χ4n) is 2.15. The van der Waals surface area contributed by atoms with Crippen LogP contribution in [0.5, 0.6) is 0 Å². The lowest BCUT2D eigenvalue weighted by atomic mass is 10.1. The molecule has 0 aromatic heterocycles. The van der Waals surface area contributed by atoms with Crippen LogP contribution in [0.2, 0.25) is 0 Å². The molecule has 2 aromatic carbocycles. The number of hydrogen-bond donors (Lipinski definition) is 3. The average molecular weight is 379 g/mol. The monoisotopic (exact) mass is 379 g/mol. The van der Waals surface area contributed by atoms with Crippen molar-refractivity contribution in [3.8, 4) is 0 Å². The predicted molar refractivity (Wildman–Crippen MR) is 93.3 cm³/mol. The highest BCUT2D eigenvalue weighted by atomic mass is 32.2. The Bertz CT molecular complexity index is 898. The van der Waals surface area contributed by atoms with Gasteiger partial charge < -0.3 is 10.6 Å². The molecule has 0 bridgehead atoms. The minimum Gasteiger partial charge on any atom is -0.354 e. The van der Waals surface area contributed by atoms with Crippen LogP contribution in [0, 0.1) is 5.82 Å². The zero-order chi connectivity index (χ0) is 19.2. The second-order valence-electron chi connectivity index (χ2n) is 5.48. The van der Waals surface area contributed by atoms with Crippen molar-refractivity contribution in [2.45, 2.75) is 11.3 Å². The molecule has 0 aliphatic rings. The van der Waals surface area contributed by atoms with E-state index in [4.69, 9.17) is 5.14 Å². The molecule has 2 amide bonds. The maximum atomic E-state index is 13.0. The Morgan fingerprint density at radius 2 is 1.73 bits per heavy atom. The van der Waals surface area contributed by atoms with Gasteiger partial charge in [-0.2, -0.15) is 0 Å². The topological polar surface area (TPSA) is 118 Å². The number of carbonyl (C=O) groups is 2. The molecule has 7 nitrogen and oxygen atoms in total. The first-order valence-electron chi connectivity index (χ1n) is 7.68. The normalized spacial score (nSPS) is 11.0. The lowest BCUT2D eigenvalue weighted by Crippen LogP contribution is -2.37. The van der Waals surface area contributed by atoms with Gasteiger partial charge in [-0.15, -0.1) is 0 Å². The molecule has 138 valence electrons. The summed E-state index contributed by atoms with van der Waals surface area (Å²) >= 11 is 0. The highest BCUT2D eigenvalue weighted by Gasteiger charge is 2.09. The van der Waals surface area contributed by atoms with Crippen LogP contribution in [0.25, 0.3) is 0 Å². The van der Waals surface area contributed by atoms with Gasteiger partial charge in [0.05, 0.1) is 11.4 Å². The van der Waals surface area contributed by atoms with Gasteiger partial charge in [-0.25, -0.2) is 17.9 Å². The average Bonchev–Trinajstić information content (AvgIpc) is 2.59. The second kappa shape index (κ2) is 8.54. The minimum absolute atomic E-state index is 0.0188. The molecule has 0 aliphatic carbocycles. The minimum atomic E-state index is -3.73. The number of carbonyl (C=O) groups excluding carboxylic acids is 2. The SMILES string of the molecule is NS(=O)(=O)c1ccc(CCNC(=O)CNC(=O)c2cccc(F)c2)cc1. The molecule has 0 radical (unpaired) electrons. The van der Waals surface area contributed by atoms with Crippen molar-refractivity contribution >= 4 is 21.8 Å². The number of rotatable bonds is 7. The third-order valence-electron chi connectivity index (χ3n) is 3.48. The molecule has 0 atom stereocenters. The third-order valence-corrected chi connectivity index (χ3v) is 4.41. The number of halogens is 1. The van der Waals surface area contributed by atoms with Crippen LogP contribution in [-0.4, -0.2) is 33.3 Å². The molecule has 0 aliphatic heterocycles. The van der Waals surface area contributed by atoms with Crippen molar-refractivity contribution in [3.05, 3.63) is 65.5 Å². The Morgan fingerprint density at radius 3 is 2.35 bits per heavy atom. The van der Waals surface area contributed by atoms with Crippen LogP contribution in [0.4, 0.5) is 4.39 Å². The van der Waals surface area contributed by atoms with Crippen molar-refractivity contribution in [1.82, 2.24) is 10.6 Å². The maximum absolute atomic E-state index is 13.0. The molecular weight excluding hydrogens is 361 g/mol. The summed E-state index contributed by atoms with van der Waals surface area (Å²) in [6.45, 7) is 0.0725. The van der Waals surface area contributed by atoms with Crippen LogP contribution in [0.15, 0.2) is 53.4 Å². The first kappa shape index (κ1) is 19.5. The first-order valence-corrected chi connectivity index (χ1v) is 9.22. The van der Waals surface area contributed by atoms with E-state index < -0.39 is 27.7 Å². The van der Waals surface area contributed by atoms with Crippen LogP contribution in [-0.2, 0) is 21.2 Å². The smallest absolute Gasteiger partial charge is 0.251 e. The number of nitrogens with two attached hydrogens (primary N) is 1. The van der Waals surface area contributed by atoms with E-state index in [9.17, 15) is 22.4 Å².